The van der Waals surface area contributed by atoms with Crippen molar-refractivity contribution in [3.63, 3.8) is 0 Å². The number of hydrogen-bond acceptors (Lipinski definition) is 3. The first kappa shape index (κ1) is 17.3. The summed E-state index contributed by atoms with van der Waals surface area (Å²) in [6.45, 7) is 7.82. The third-order valence-corrected chi connectivity index (χ3v) is 5.40. The fraction of sp³-hybridized carbons (Fsp3) is 0.333. The first-order valence-electron chi connectivity index (χ1n) is 9.31. The van der Waals surface area contributed by atoms with Crippen LogP contribution in [0.3, 0.4) is 0 Å². The van der Waals surface area contributed by atoms with Gasteiger partial charge in [-0.3, -0.25) is 0 Å². The highest BCUT2D eigenvalue weighted by Gasteiger charge is 2.22. The molecule has 1 aromatic heterocycles. The average Bonchev–Trinajstić information content (AvgIpc) is 2.68. The fourth-order valence-corrected chi connectivity index (χ4v) is 3.79. The summed E-state index contributed by atoms with van der Waals surface area (Å²) in [5, 5.41) is 1.80. The molecule has 4 rings (SSSR count). The Morgan fingerprint density at radius 3 is 2.54 bits per heavy atom. The number of nitrogens with one attached hydrogen (secondary N) is 1. The molecule has 0 spiro atoms. The number of aromatic nitrogens is 2. The van der Waals surface area contributed by atoms with Crippen LogP contribution in [-0.4, -0.2) is 42.7 Å². The Bertz CT molecular complexity index is 889. The fourth-order valence-electron chi connectivity index (χ4n) is 3.62. The van der Waals surface area contributed by atoms with Crippen LogP contribution in [0.5, 0.6) is 0 Å². The van der Waals surface area contributed by atoms with Crippen LogP contribution >= 0.6 is 11.6 Å². The van der Waals surface area contributed by atoms with Gasteiger partial charge < -0.3 is 9.80 Å². The molecule has 0 saturated carbocycles. The summed E-state index contributed by atoms with van der Waals surface area (Å²) in [4.78, 5) is 13.8. The Labute approximate surface area is 159 Å². The molecule has 3 aromatic rings. The van der Waals surface area contributed by atoms with Crippen molar-refractivity contribution in [3.8, 4) is 0 Å². The lowest BCUT2D eigenvalue weighted by Crippen LogP contribution is -3.14. The van der Waals surface area contributed by atoms with Gasteiger partial charge >= 0.3 is 0 Å². The topological polar surface area (TPSA) is 33.5 Å². The normalized spacial score (nSPS) is 15.5. The summed E-state index contributed by atoms with van der Waals surface area (Å²) in [5.41, 5.74) is 2.15. The Hall–Kier alpha value is -2.17. The van der Waals surface area contributed by atoms with Crippen molar-refractivity contribution in [1.82, 2.24) is 9.97 Å². The molecule has 2 aromatic carbocycles. The zero-order valence-electron chi connectivity index (χ0n) is 15.1. The number of nitrogens with zero attached hydrogens (tertiary/aromatic N) is 3. The number of piperazine rings is 1. The summed E-state index contributed by atoms with van der Waals surface area (Å²) >= 11 is 6.23. The maximum absolute atomic E-state index is 6.23. The molecule has 0 atom stereocenters. The molecule has 1 saturated heterocycles. The summed E-state index contributed by atoms with van der Waals surface area (Å²) in [5.74, 6) is 1.90. The van der Waals surface area contributed by atoms with Crippen LogP contribution in [0.1, 0.15) is 18.3 Å². The molecule has 5 heteroatoms. The molecule has 134 valence electrons. The van der Waals surface area contributed by atoms with Crippen LogP contribution in [-0.2, 0) is 6.42 Å². The number of fused-ring (bicyclic) bond motifs is 1. The quantitative estimate of drug-likeness (QED) is 0.769. The van der Waals surface area contributed by atoms with Gasteiger partial charge in [0.1, 0.15) is 11.6 Å². The molecule has 1 fully saturated rings. The third-order valence-electron chi connectivity index (χ3n) is 5.16. The molecule has 2 heterocycles. The number of hydrogen-bond donors (Lipinski definition) is 1. The molecule has 1 aliphatic heterocycles. The zero-order chi connectivity index (χ0) is 17.9. The lowest BCUT2D eigenvalue weighted by Gasteiger charge is -2.33. The van der Waals surface area contributed by atoms with Gasteiger partial charge in [0.2, 0.25) is 0 Å². The van der Waals surface area contributed by atoms with Crippen molar-refractivity contribution < 1.29 is 4.90 Å². The van der Waals surface area contributed by atoms with Crippen LogP contribution < -0.4 is 9.80 Å². The van der Waals surface area contributed by atoms with E-state index in [1.807, 2.05) is 18.2 Å². The van der Waals surface area contributed by atoms with Crippen molar-refractivity contribution >= 4 is 28.3 Å². The minimum atomic E-state index is 0.716. The second kappa shape index (κ2) is 7.60. The molecule has 0 unspecified atom stereocenters. The van der Waals surface area contributed by atoms with Gasteiger partial charge in [0.05, 0.1) is 38.2 Å². The molecule has 0 aliphatic carbocycles. The Kier molecular flexibility index (Phi) is 5.05. The van der Waals surface area contributed by atoms with Crippen molar-refractivity contribution in [2.75, 3.05) is 37.6 Å². The van der Waals surface area contributed by atoms with Crippen LogP contribution in [0.2, 0.25) is 5.02 Å². The van der Waals surface area contributed by atoms with Gasteiger partial charge in [0, 0.05) is 16.8 Å². The highest BCUT2D eigenvalue weighted by molar-refractivity contribution is 6.31. The molecule has 0 radical (unpaired) electrons. The second-order valence-corrected chi connectivity index (χ2v) is 7.31. The van der Waals surface area contributed by atoms with Crippen molar-refractivity contribution in [2.45, 2.75) is 13.3 Å². The van der Waals surface area contributed by atoms with Gasteiger partial charge in [-0.15, -0.1) is 0 Å². The number of likely N-dealkylation sites (N-methyl/N-ethyl adjacent to an activating group) is 1. The van der Waals surface area contributed by atoms with Crippen molar-refractivity contribution in [3.05, 3.63) is 64.9 Å². The average molecular weight is 368 g/mol. The third kappa shape index (κ3) is 3.67. The van der Waals surface area contributed by atoms with E-state index in [0.29, 0.717) is 5.02 Å². The van der Waals surface area contributed by atoms with E-state index in [1.54, 1.807) is 4.90 Å². The molecule has 1 aliphatic rings. The molecular formula is C21H24ClN4+. The monoisotopic (exact) mass is 367 g/mol. The van der Waals surface area contributed by atoms with Crippen LogP contribution in [0.25, 0.3) is 10.9 Å². The summed E-state index contributed by atoms with van der Waals surface area (Å²) in [7, 11) is 0. The smallest absolute Gasteiger partial charge is 0.140 e. The number of benzene rings is 2. The minimum Gasteiger partial charge on any atom is -0.345 e. The van der Waals surface area contributed by atoms with E-state index in [0.717, 1.165) is 55.1 Å². The van der Waals surface area contributed by atoms with Gasteiger partial charge in [0.15, 0.2) is 0 Å². The van der Waals surface area contributed by atoms with E-state index >= 15 is 0 Å². The minimum absolute atomic E-state index is 0.716. The van der Waals surface area contributed by atoms with Gasteiger partial charge in [-0.25, -0.2) is 9.97 Å². The SMILES string of the molecule is CC[NH+]1CCN(c2nc(Cc3ccccc3)nc3cc(Cl)ccc23)CC1. The molecular weight excluding hydrogens is 344 g/mol. The van der Waals surface area contributed by atoms with E-state index < -0.39 is 0 Å². The lowest BCUT2D eigenvalue weighted by atomic mass is 10.1. The molecule has 1 N–H and O–H groups in total. The maximum Gasteiger partial charge on any atom is 0.140 e. The largest absolute Gasteiger partial charge is 0.345 e. The van der Waals surface area contributed by atoms with E-state index in [1.165, 1.54) is 12.1 Å². The van der Waals surface area contributed by atoms with Gasteiger partial charge in [-0.1, -0.05) is 41.9 Å². The van der Waals surface area contributed by atoms with Gasteiger partial charge in [-0.2, -0.15) is 0 Å². The molecule has 0 bridgehead atoms. The first-order chi connectivity index (χ1) is 12.7. The van der Waals surface area contributed by atoms with Crippen molar-refractivity contribution in [1.29, 1.82) is 0 Å². The Balaban J connectivity index is 1.72. The van der Waals surface area contributed by atoms with Gasteiger partial charge in [-0.05, 0) is 30.7 Å². The van der Waals surface area contributed by atoms with Crippen LogP contribution in [0, 0.1) is 0 Å². The molecule has 0 amide bonds. The lowest BCUT2D eigenvalue weighted by molar-refractivity contribution is -0.898. The summed E-state index contributed by atoms with van der Waals surface area (Å²) < 4.78 is 0. The second-order valence-electron chi connectivity index (χ2n) is 6.88. The highest BCUT2D eigenvalue weighted by Crippen LogP contribution is 2.27. The van der Waals surface area contributed by atoms with Crippen molar-refractivity contribution in [2.24, 2.45) is 0 Å². The number of quaternary nitrogens is 1. The van der Waals surface area contributed by atoms with E-state index in [2.05, 4.69) is 42.2 Å². The number of rotatable bonds is 4. The van der Waals surface area contributed by atoms with E-state index in [9.17, 15) is 0 Å². The van der Waals surface area contributed by atoms with Gasteiger partial charge in [0.25, 0.3) is 0 Å². The van der Waals surface area contributed by atoms with Crippen LogP contribution in [0.4, 0.5) is 5.82 Å². The van der Waals surface area contributed by atoms with Crippen LogP contribution in [0.15, 0.2) is 48.5 Å². The van der Waals surface area contributed by atoms with E-state index in [4.69, 9.17) is 21.6 Å². The number of anilines is 1. The molecule has 4 nitrogen and oxygen atoms in total. The predicted molar refractivity (Wildman–Crippen MR) is 107 cm³/mol. The molecule has 26 heavy (non-hydrogen) atoms. The summed E-state index contributed by atoms with van der Waals surface area (Å²) in [6, 6.07) is 16.3. The Morgan fingerprint density at radius 2 is 1.81 bits per heavy atom. The number of halogens is 1. The zero-order valence-corrected chi connectivity index (χ0v) is 15.8. The first-order valence-corrected chi connectivity index (χ1v) is 9.69. The standard InChI is InChI=1S/C21H23ClN4/c1-2-25-10-12-26(13-11-25)21-18-9-8-17(22)15-19(18)23-20(24-21)14-16-6-4-3-5-7-16/h3-9,15H,2,10-14H2,1H3/p+1. The highest BCUT2D eigenvalue weighted by atomic mass is 35.5. The van der Waals surface area contributed by atoms with E-state index in [-0.39, 0.29) is 0 Å². The Morgan fingerprint density at radius 1 is 1.04 bits per heavy atom. The maximum atomic E-state index is 6.23. The predicted octanol–water partition coefficient (Wildman–Crippen LogP) is 2.60. The summed E-state index contributed by atoms with van der Waals surface area (Å²) in [6.07, 6.45) is 0.733.